The molecule has 1 aromatic heterocycles. The number of esters is 1. The van der Waals surface area contributed by atoms with E-state index in [0.29, 0.717) is 30.3 Å². The Morgan fingerprint density at radius 1 is 1.46 bits per heavy atom. The van der Waals surface area contributed by atoms with E-state index in [1.54, 1.807) is 20.2 Å². The minimum absolute atomic E-state index is 0.208. The fourth-order valence-corrected chi connectivity index (χ4v) is 3.67. The van der Waals surface area contributed by atoms with Gasteiger partial charge in [-0.2, -0.15) is 5.26 Å². The number of hydrogen-bond acceptors (Lipinski definition) is 6. The number of aromatic amines is 1. The van der Waals surface area contributed by atoms with Crippen LogP contribution in [0.1, 0.15) is 51.0 Å². The second kappa shape index (κ2) is 11.3. The van der Waals surface area contributed by atoms with Crippen molar-refractivity contribution in [1.82, 2.24) is 10.3 Å². The van der Waals surface area contributed by atoms with Crippen LogP contribution in [0.2, 0.25) is 0 Å². The Kier molecular flexibility index (Phi) is 8.76. The molecule has 7 heteroatoms. The lowest BCUT2D eigenvalue weighted by Crippen LogP contribution is -2.34. The van der Waals surface area contributed by atoms with E-state index >= 15 is 0 Å². The fraction of sp³-hybridized carbons (Fsp3) is 0.571. The number of ether oxygens (including phenoxy) is 2. The van der Waals surface area contributed by atoms with Gasteiger partial charge in [0.05, 0.1) is 23.9 Å². The zero-order valence-electron chi connectivity index (χ0n) is 16.8. The molecule has 0 spiro atoms. The first-order valence-corrected chi connectivity index (χ1v) is 9.75. The van der Waals surface area contributed by atoms with Crippen LogP contribution in [0.4, 0.5) is 5.82 Å². The molecule has 28 heavy (non-hydrogen) atoms. The van der Waals surface area contributed by atoms with E-state index in [9.17, 15) is 4.79 Å². The molecule has 1 aliphatic carbocycles. The molecule has 1 fully saturated rings. The number of carbonyl (C=O) groups excluding carboxylic acids is 1. The normalized spacial score (nSPS) is 20.0. The van der Waals surface area contributed by atoms with E-state index in [1.807, 2.05) is 6.07 Å². The van der Waals surface area contributed by atoms with Gasteiger partial charge in [-0.3, -0.25) is 0 Å². The van der Waals surface area contributed by atoms with Crippen LogP contribution in [0.15, 0.2) is 22.8 Å². The van der Waals surface area contributed by atoms with Crippen molar-refractivity contribution in [3.63, 3.8) is 0 Å². The molecule has 1 aliphatic rings. The van der Waals surface area contributed by atoms with Crippen LogP contribution in [0.5, 0.6) is 0 Å². The number of aliphatic imine (C=N–C) groups is 1. The second-order valence-electron chi connectivity index (χ2n) is 7.10. The van der Waals surface area contributed by atoms with Gasteiger partial charge in [0.1, 0.15) is 12.4 Å². The Labute approximate surface area is 166 Å². The van der Waals surface area contributed by atoms with Crippen LogP contribution in [0, 0.1) is 17.2 Å². The van der Waals surface area contributed by atoms with Gasteiger partial charge >= 0.3 is 5.97 Å². The number of nitrogens with zero attached hydrogens (tertiary/aromatic N) is 2. The third kappa shape index (κ3) is 5.96. The molecule has 1 heterocycles. The first-order chi connectivity index (χ1) is 13.6. The Balaban J connectivity index is 2.21. The van der Waals surface area contributed by atoms with Gasteiger partial charge in [0.2, 0.25) is 0 Å². The lowest BCUT2D eigenvalue weighted by atomic mass is 9.83. The molecule has 2 rings (SSSR count). The molecule has 1 aromatic rings. The lowest BCUT2D eigenvalue weighted by Gasteiger charge is -2.31. The highest BCUT2D eigenvalue weighted by Crippen LogP contribution is 2.32. The standard InChI is InChI=1S/C21H30N4O3/c1-15(21(26)28-13-12-27-3)19(18-9-11-24-20(18)23-2)25-17-8-4-6-16(14-17)7-5-10-22/h9,11,16-17,24-25H,2,4-8,12-14H2,1,3H3/b19-15-/t16-,17-/m0/s1. The number of nitriles is 1. The Morgan fingerprint density at radius 2 is 2.29 bits per heavy atom. The van der Waals surface area contributed by atoms with Crippen LogP contribution in [0.25, 0.3) is 5.70 Å². The molecule has 0 radical (unpaired) electrons. The SMILES string of the molecule is C=Nc1[nH]ccc1/C(N[C@H]1CCC[C@@H](CCC#N)C1)=C(\C)C(=O)OCCOC. The molecule has 0 aliphatic heterocycles. The summed E-state index contributed by atoms with van der Waals surface area (Å²) in [6, 6.07) is 4.36. The largest absolute Gasteiger partial charge is 0.460 e. The summed E-state index contributed by atoms with van der Waals surface area (Å²) >= 11 is 0. The average Bonchev–Trinajstić information content (AvgIpc) is 3.19. The Hall–Kier alpha value is -2.59. The van der Waals surface area contributed by atoms with Gasteiger partial charge in [0.15, 0.2) is 0 Å². The monoisotopic (exact) mass is 386 g/mol. The van der Waals surface area contributed by atoms with Crippen LogP contribution in [-0.4, -0.2) is 44.0 Å². The van der Waals surface area contributed by atoms with Crippen LogP contribution >= 0.6 is 0 Å². The van der Waals surface area contributed by atoms with Crippen molar-refractivity contribution in [1.29, 1.82) is 5.26 Å². The van der Waals surface area contributed by atoms with Crippen molar-refractivity contribution >= 4 is 24.2 Å². The molecule has 0 saturated heterocycles. The maximum Gasteiger partial charge on any atom is 0.335 e. The highest BCUT2D eigenvalue weighted by molar-refractivity contribution is 5.97. The van der Waals surface area contributed by atoms with Gasteiger partial charge in [0, 0.05) is 31.3 Å². The summed E-state index contributed by atoms with van der Waals surface area (Å²) in [7, 11) is 1.57. The van der Waals surface area contributed by atoms with Crippen molar-refractivity contribution in [2.24, 2.45) is 10.9 Å². The second-order valence-corrected chi connectivity index (χ2v) is 7.10. The first kappa shape index (κ1) is 21.7. The van der Waals surface area contributed by atoms with Gasteiger partial charge in [-0.05, 0) is 44.9 Å². The molecule has 152 valence electrons. The van der Waals surface area contributed by atoms with E-state index in [-0.39, 0.29) is 18.6 Å². The third-order valence-electron chi connectivity index (χ3n) is 5.15. The zero-order valence-corrected chi connectivity index (χ0v) is 16.8. The highest BCUT2D eigenvalue weighted by atomic mass is 16.6. The van der Waals surface area contributed by atoms with Crippen molar-refractivity contribution in [3.8, 4) is 6.07 Å². The summed E-state index contributed by atoms with van der Waals surface area (Å²) in [5.74, 6) is 0.764. The zero-order chi connectivity index (χ0) is 20.4. The van der Waals surface area contributed by atoms with Gasteiger partial charge in [-0.1, -0.05) is 12.8 Å². The summed E-state index contributed by atoms with van der Waals surface area (Å²) in [5.41, 5.74) is 2.02. The van der Waals surface area contributed by atoms with Gasteiger partial charge in [-0.25, -0.2) is 9.79 Å². The van der Waals surface area contributed by atoms with E-state index in [1.165, 1.54) is 0 Å². The predicted molar refractivity (Wildman–Crippen MR) is 109 cm³/mol. The number of nitrogens with one attached hydrogen (secondary N) is 2. The molecule has 0 unspecified atom stereocenters. The van der Waals surface area contributed by atoms with Crippen molar-refractivity contribution in [2.45, 2.75) is 51.5 Å². The van der Waals surface area contributed by atoms with Crippen molar-refractivity contribution < 1.29 is 14.3 Å². The van der Waals surface area contributed by atoms with E-state index < -0.39 is 0 Å². The number of aromatic nitrogens is 1. The van der Waals surface area contributed by atoms with Crippen molar-refractivity contribution in [2.75, 3.05) is 20.3 Å². The Morgan fingerprint density at radius 3 is 3.00 bits per heavy atom. The van der Waals surface area contributed by atoms with E-state index in [0.717, 1.165) is 43.4 Å². The molecular formula is C21H30N4O3. The van der Waals surface area contributed by atoms with Gasteiger partial charge in [-0.15, -0.1) is 0 Å². The fourth-order valence-electron chi connectivity index (χ4n) is 3.67. The van der Waals surface area contributed by atoms with Crippen molar-refractivity contribution in [3.05, 3.63) is 23.4 Å². The maximum atomic E-state index is 12.5. The van der Waals surface area contributed by atoms with E-state index in [4.69, 9.17) is 14.7 Å². The summed E-state index contributed by atoms with van der Waals surface area (Å²) in [4.78, 5) is 19.6. The summed E-state index contributed by atoms with van der Waals surface area (Å²) in [6.07, 6.45) is 7.57. The van der Waals surface area contributed by atoms with E-state index in [2.05, 4.69) is 28.1 Å². The average molecular weight is 386 g/mol. The van der Waals surface area contributed by atoms with Gasteiger partial charge < -0.3 is 19.8 Å². The number of rotatable bonds is 10. The topological polar surface area (TPSA) is 99.5 Å². The third-order valence-corrected chi connectivity index (χ3v) is 5.15. The molecule has 0 amide bonds. The van der Waals surface area contributed by atoms with Gasteiger partial charge in [0.25, 0.3) is 0 Å². The van der Waals surface area contributed by atoms with Crippen LogP contribution < -0.4 is 5.32 Å². The smallest absolute Gasteiger partial charge is 0.335 e. The summed E-state index contributed by atoms with van der Waals surface area (Å²) in [6.45, 7) is 5.93. The minimum Gasteiger partial charge on any atom is -0.460 e. The predicted octanol–water partition coefficient (Wildman–Crippen LogP) is 3.72. The lowest BCUT2D eigenvalue weighted by molar-refractivity contribution is -0.140. The molecular weight excluding hydrogens is 356 g/mol. The minimum atomic E-state index is -0.382. The van der Waals surface area contributed by atoms with Crippen LogP contribution in [-0.2, 0) is 14.3 Å². The molecule has 1 saturated carbocycles. The number of methoxy groups -OCH3 is 1. The van der Waals surface area contributed by atoms with Crippen LogP contribution in [0.3, 0.4) is 0 Å². The molecule has 2 N–H and O–H groups in total. The highest BCUT2D eigenvalue weighted by Gasteiger charge is 2.25. The first-order valence-electron chi connectivity index (χ1n) is 9.75. The molecule has 0 bridgehead atoms. The number of carbonyl (C=O) groups is 1. The summed E-state index contributed by atoms with van der Waals surface area (Å²) < 4.78 is 10.3. The molecule has 2 atom stereocenters. The quantitative estimate of drug-likeness (QED) is 0.276. The summed E-state index contributed by atoms with van der Waals surface area (Å²) in [5, 5.41) is 12.4. The maximum absolute atomic E-state index is 12.5. The number of hydrogen-bond donors (Lipinski definition) is 2. The molecule has 7 nitrogen and oxygen atoms in total. The number of H-pyrrole nitrogens is 1. The molecule has 0 aromatic carbocycles. The Bertz CT molecular complexity index is 732.